The molecular formula is C46H28BN3O. The molecule has 1 aliphatic heterocycles. The molecule has 8 aromatic carbocycles. The summed E-state index contributed by atoms with van der Waals surface area (Å²) in [7, 11) is 0. The molecule has 0 radical (unpaired) electrons. The van der Waals surface area contributed by atoms with Gasteiger partial charge in [-0.2, -0.15) is 0 Å². The third kappa shape index (κ3) is 4.09. The van der Waals surface area contributed by atoms with Gasteiger partial charge in [0.25, 0.3) is 0 Å². The first-order valence-corrected chi connectivity index (χ1v) is 17.2. The van der Waals surface area contributed by atoms with Crippen molar-refractivity contribution in [2.75, 3.05) is 4.81 Å². The summed E-state index contributed by atoms with van der Waals surface area (Å²) in [6.07, 6.45) is 0. The smallest absolute Gasteiger partial charge is 0.332 e. The molecule has 4 nitrogen and oxygen atoms in total. The Bertz CT molecular complexity index is 3110. The maximum absolute atomic E-state index is 9.80. The molecule has 0 fully saturated rings. The molecule has 0 saturated heterocycles. The molecule has 1 aliphatic rings. The number of hydrogen-bond acceptors (Lipinski definition) is 4. The van der Waals surface area contributed by atoms with Crippen LogP contribution in [0.15, 0.2) is 174 Å². The molecule has 0 atom stereocenters. The van der Waals surface area contributed by atoms with Crippen molar-refractivity contribution >= 4 is 83.8 Å². The lowest BCUT2D eigenvalue weighted by Gasteiger charge is -2.39. The minimum absolute atomic E-state index is 0.325. The third-order valence-corrected chi connectivity index (χ3v) is 10.3. The summed E-state index contributed by atoms with van der Waals surface area (Å²) in [5, 5.41) is 6.73. The molecule has 10 aromatic rings. The topological polar surface area (TPSA) is 42.2 Å². The third-order valence-electron chi connectivity index (χ3n) is 10.3. The van der Waals surface area contributed by atoms with Gasteiger partial charge in [0.2, 0.25) is 5.95 Å². The molecule has 5 heteroatoms. The standard InChI is InChI=1S/C46H28BN3O/c1-3-16-30(17-4-1)43-35-23-11-13-25-38(35)48-46(49-43)50-44-41(33-21-9-10-22-34(33)45-42(44)36-24-12-14-26-39(36)51-45)40-32-20-8-7-15-29(32)27-28-37(40)47(50)31-18-5-2-6-19-31/h1-28H/i26D,28D. The summed E-state index contributed by atoms with van der Waals surface area (Å²) >= 11 is 0. The number of furan rings is 1. The summed E-state index contributed by atoms with van der Waals surface area (Å²) in [6, 6.07) is 54.1. The summed E-state index contributed by atoms with van der Waals surface area (Å²) < 4.78 is 25.5. The lowest BCUT2D eigenvalue weighted by molar-refractivity contribution is 0.672. The second-order valence-electron chi connectivity index (χ2n) is 13.1. The van der Waals surface area contributed by atoms with Crippen molar-refractivity contribution in [3.63, 3.8) is 0 Å². The van der Waals surface area contributed by atoms with Crippen LogP contribution in [0.3, 0.4) is 0 Å². The molecule has 11 rings (SSSR count). The molecule has 0 aliphatic carbocycles. The molecule has 236 valence electrons. The predicted molar refractivity (Wildman–Crippen MR) is 213 cm³/mol. The fourth-order valence-corrected chi connectivity index (χ4v) is 8.17. The van der Waals surface area contributed by atoms with Crippen LogP contribution in [0.1, 0.15) is 2.74 Å². The molecule has 0 N–H and O–H groups in total. The van der Waals surface area contributed by atoms with E-state index in [-0.39, 0.29) is 0 Å². The van der Waals surface area contributed by atoms with Crippen molar-refractivity contribution in [2.24, 2.45) is 0 Å². The quantitative estimate of drug-likeness (QED) is 0.178. The number of benzene rings is 8. The predicted octanol–water partition coefficient (Wildman–Crippen LogP) is 10.4. The van der Waals surface area contributed by atoms with Gasteiger partial charge in [-0.1, -0.05) is 163 Å². The SMILES string of the molecule is [2H]c1cc2ccccc2c2c1B(c1ccccc1)N(c1nc(-c3ccccc3)c3ccccc3n1)c1c-2c2ccccc2c2oc3c([2H])cccc3c12. The maximum Gasteiger partial charge on any atom is 0.332 e. The average Bonchev–Trinajstić information content (AvgIpc) is 3.62. The molecule has 0 amide bonds. The molecule has 0 bridgehead atoms. The Labute approximate surface area is 297 Å². The van der Waals surface area contributed by atoms with Crippen molar-refractivity contribution in [1.29, 1.82) is 0 Å². The molecular weight excluding hydrogens is 621 g/mol. The fraction of sp³-hybridized carbons (Fsp3) is 0. The van der Waals surface area contributed by atoms with Gasteiger partial charge in [-0.25, -0.2) is 9.97 Å². The molecule has 2 aromatic heterocycles. The lowest BCUT2D eigenvalue weighted by atomic mass is 9.45. The van der Waals surface area contributed by atoms with E-state index >= 15 is 0 Å². The maximum atomic E-state index is 9.80. The largest absolute Gasteiger partial charge is 0.455 e. The molecule has 0 spiro atoms. The second-order valence-corrected chi connectivity index (χ2v) is 13.1. The van der Waals surface area contributed by atoms with Crippen LogP contribution in [0.2, 0.25) is 0 Å². The molecule has 0 saturated carbocycles. The number of nitrogens with zero attached hydrogens (tertiary/aromatic N) is 3. The lowest BCUT2D eigenvalue weighted by Crippen LogP contribution is -2.58. The van der Waals surface area contributed by atoms with E-state index < -0.39 is 6.85 Å². The zero-order valence-electron chi connectivity index (χ0n) is 29.3. The van der Waals surface area contributed by atoms with Crippen LogP contribution in [0, 0.1) is 0 Å². The van der Waals surface area contributed by atoms with E-state index in [4.69, 9.17) is 15.8 Å². The zero-order valence-corrected chi connectivity index (χ0v) is 27.3. The van der Waals surface area contributed by atoms with Crippen molar-refractivity contribution in [3.8, 4) is 22.4 Å². The monoisotopic (exact) mass is 651 g/mol. The molecule has 51 heavy (non-hydrogen) atoms. The van der Waals surface area contributed by atoms with E-state index in [1.165, 1.54) is 0 Å². The van der Waals surface area contributed by atoms with E-state index in [0.29, 0.717) is 29.2 Å². The van der Waals surface area contributed by atoms with Crippen molar-refractivity contribution in [1.82, 2.24) is 9.97 Å². The van der Waals surface area contributed by atoms with Crippen LogP contribution in [0.25, 0.3) is 76.8 Å². The van der Waals surface area contributed by atoms with Crippen LogP contribution in [-0.2, 0) is 0 Å². The first kappa shape index (κ1) is 26.2. The van der Waals surface area contributed by atoms with Gasteiger partial charge in [-0.3, -0.25) is 0 Å². The summed E-state index contributed by atoms with van der Waals surface area (Å²) in [6.45, 7) is -0.478. The minimum Gasteiger partial charge on any atom is -0.455 e. The summed E-state index contributed by atoms with van der Waals surface area (Å²) in [4.78, 5) is 13.1. The number of rotatable bonds is 3. The number of aromatic nitrogens is 2. The number of fused-ring (bicyclic) bond motifs is 13. The van der Waals surface area contributed by atoms with E-state index in [9.17, 15) is 1.37 Å². The van der Waals surface area contributed by atoms with Gasteiger partial charge in [0, 0.05) is 27.3 Å². The van der Waals surface area contributed by atoms with E-state index in [0.717, 1.165) is 82.2 Å². The van der Waals surface area contributed by atoms with Gasteiger partial charge >= 0.3 is 6.85 Å². The van der Waals surface area contributed by atoms with Gasteiger partial charge in [-0.05, 0) is 39.3 Å². The van der Waals surface area contributed by atoms with Crippen LogP contribution < -0.4 is 15.7 Å². The Balaban J connectivity index is 1.40. The highest BCUT2D eigenvalue weighted by Gasteiger charge is 2.42. The number of hydrogen-bond donors (Lipinski definition) is 0. The normalized spacial score (nSPS) is 13.2. The average molecular weight is 652 g/mol. The van der Waals surface area contributed by atoms with Crippen molar-refractivity contribution in [3.05, 3.63) is 170 Å². The zero-order chi connectivity index (χ0) is 35.2. The Morgan fingerprint density at radius 2 is 1.22 bits per heavy atom. The Morgan fingerprint density at radius 1 is 0.549 bits per heavy atom. The van der Waals surface area contributed by atoms with Crippen LogP contribution >= 0.6 is 0 Å². The van der Waals surface area contributed by atoms with Crippen molar-refractivity contribution < 1.29 is 7.16 Å². The number of anilines is 2. The summed E-state index contributed by atoms with van der Waals surface area (Å²) in [5.41, 5.74) is 8.70. The van der Waals surface area contributed by atoms with Gasteiger partial charge in [0.1, 0.15) is 11.2 Å². The Kier molecular flexibility index (Phi) is 5.59. The minimum atomic E-state index is -0.478. The van der Waals surface area contributed by atoms with Crippen LogP contribution in [-0.4, -0.2) is 16.8 Å². The molecule has 3 heterocycles. The van der Waals surface area contributed by atoms with E-state index in [1.807, 2.05) is 66.7 Å². The van der Waals surface area contributed by atoms with E-state index in [1.54, 1.807) is 6.07 Å². The summed E-state index contributed by atoms with van der Waals surface area (Å²) in [5.74, 6) is 0.517. The van der Waals surface area contributed by atoms with Gasteiger partial charge in [0.05, 0.1) is 25.0 Å². The highest BCUT2D eigenvalue weighted by atomic mass is 16.3. The highest BCUT2D eigenvalue weighted by molar-refractivity contribution is 6.91. The Hall–Kier alpha value is -6.72. The van der Waals surface area contributed by atoms with Gasteiger partial charge in [-0.15, -0.1) is 0 Å². The second kappa shape index (κ2) is 10.9. The van der Waals surface area contributed by atoms with Gasteiger partial charge in [0.15, 0.2) is 0 Å². The van der Waals surface area contributed by atoms with Gasteiger partial charge < -0.3 is 9.23 Å². The van der Waals surface area contributed by atoms with Crippen LogP contribution in [0.5, 0.6) is 0 Å². The van der Waals surface area contributed by atoms with E-state index in [2.05, 4.69) is 89.7 Å². The number of para-hydroxylation sites is 2. The highest BCUT2D eigenvalue weighted by Crippen LogP contribution is 2.52. The first-order chi connectivity index (χ1) is 26.2. The van der Waals surface area contributed by atoms with Crippen molar-refractivity contribution in [2.45, 2.75) is 0 Å². The first-order valence-electron chi connectivity index (χ1n) is 18.2. The molecule has 0 unspecified atom stereocenters. The van der Waals surface area contributed by atoms with Crippen LogP contribution in [0.4, 0.5) is 11.6 Å². The fourth-order valence-electron chi connectivity index (χ4n) is 8.17. The Morgan fingerprint density at radius 3 is 2.06 bits per heavy atom.